The standard InChI is InChI=1S/C16H24N2O/c1-13(2)17-11-9-16(10-12-17)18(14(3)19)15-7-5-4-6-8-15/h4-8,13,16H,9-12H2,1-3H3. The Hall–Kier alpha value is -1.35. The van der Waals surface area contributed by atoms with E-state index in [2.05, 4.69) is 18.7 Å². The lowest BCUT2D eigenvalue weighted by Gasteiger charge is -2.39. The van der Waals surface area contributed by atoms with Gasteiger partial charge in [0.1, 0.15) is 0 Å². The minimum absolute atomic E-state index is 0.147. The molecule has 1 fully saturated rings. The number of benzene rings is 1. The molecule has 2 rings (SSSR count). The quantitative estimate of drug-likeness (QED) is 0.834. The van der Waals surface area contributed by atoms with Gasteiger partial charge < -0.3 is 9.80 Å². The van der Waals surface area contributed by atoms with Gasteiger partial charge in [-0.3, -0.25) is 4.79 Å². The molecule has 0 saturated carbocycles. The van der Waals surface area contributed by atoms with Crippen LogP contribution in [0.25, 0.3) is 0 Å². The molecule has 19 heavy (non-hydrogen) atoms. The third kappa shape index (κ3) is 3.35. The molecule has 1 aromatic carbocycles. The second kappa shape index (κ2) is 6.20. The minimum Gasteiger partial charge on any atom is -0.310 e. The molecule has 1 aliphatic rings. The summed E-state index contributed by atoms with van der Waals surface area (Å²) in [4.78, 5) is 16.4. The van der Waals surface area contributed by atoms with E-state index >= 15 is 0 Å². The zero-order chi connectivity index (χ0) is 13.8. The van der Waals surface area contributed by atoms with Crippen molar-refractivity contribution >= 4 is 11.6 Å². The van der Waals surface area contributed by atoms with Crippen molar-refractivity contribution in [1.82, 2.24) is 4.90 Å². The lowest BCUT2D eigenvalue weighted by atomic mass is 10.0. The van der Waals surface area contributed by atoms with Gasteiger partial charge in [0.15, 0.2) is 0 Å². The third-order valence-electron chi connectivity index (χ3n) is 3.97. The first-order chi connectivity index (χ1) is 9.09. The largest absolute Gasteiger partial charge is 0.310 e. The fourth-order valence-corrected chi connectivity index (χ4v) is 2.90. The van der Waals surface area contributed by atoms with Gasteiger partial charge in [0.25, 0.3) is 0 Å². The van der Waals surface area contributed by atoms with Crippen LogP contribution in [0.5, 0.6) is 0 Å². The van der Waals surface area contributed by atoms with E-state index in [0.717, 1.165) is 31.6 Å². The van der Waals surface area contributed by atoms with Crippen molar-refractivity contribution in [1.29, 1.82) is 0 Å². The molecule has 0 spiro atoms. The highest BCUT2D eigenvalue weighted by Crippen LogP contribution is 2.24. The molecule has 0 bridgehead atoms. The summed E-state index contributed by atoms with van der Waals surface area (Å²) < 4.78 is 0. The molecule has 0 radical (unpaired) electrons. The smallest absolute Gasteiger partial charge is 0.224 e. The highest BCUT2D eigenvalue weighted by atomic mass is 16.2. The number of anilines is 1. The fourth-order valence-electron chi connectivity index (χ4n) is 2.90. The summed E-state index contributed by atoms with van der Waals surface area (Å²) in [6.45, 7) is 8.31. The molecule has 1 aliphatic heterocycles. The molecule has 0 aromatic heterocycles. The monoisotopic (exact) mass is 260 g/mol. The van der Waals surface area contributed by atoms with Crippen molar-refractivity contribution in [3.05, 3.63) is 30.3 Å². The van der Waals surface area contributed by atoms with E-state index in [9.17, 15) is 4.79 Å². The van der Waals surface area contributed by atoms with Crippen molar-refractivity contribution < 1.29 is 4.79 Å². The van der Waals surface area contributed by atoms with Gasteiger partial charge in [0, 0.05) is 37.8 Å². The maximum absolute atomic E-state index is 12.0. The maximum atomic E-state index is 12.0. The Labute approximate surface area is 116 Å². The number of amides is 1. The van der Waals surface area contributed by atoms with Crippen molar-refractivity contribution in [3.8, 4) is 0 Å². The molecule has 0 atom stereocenters. The highest BCUT2D eigenvalue weighted by Gasteiger charge is 2.27. The SMILES string of the molecule is CC(=O)N(c1ccccc1)C1CCN(C(C)C)CC1. The Morgan fingerprint density at radius 2 is 1.79 bits per heavy atom. The summed E-state index contributed by atoms with van der Waals surface area (Å²) in [6, 6.07) is 11.0. The van der Waals surface area contributed by atoms with E-state index in [-0.39, 0.29) is 5.91 Å². The van der Waals surface area contributed by atoms with Crippen LogP contribution in [-0.2, 0) is 4.79 Å². The molecule has 1 saturated heterocycles. The summed E-state index contributed by atoms with van der Waals surface area (Å²) in [5, 5.41) is 0. The average Bonchev–Trinajstić information content (AvgIpc) is 2.40. The Morgan fingerprint density at radius 1 is 1.21 bits per heavy atom. The van der Waals surface area contributed by atoms with Gasteiger partial charge in [-0.15, -0.1) is 0 Å². The van der Waals surface area contributed by atoms with E-state index in [1.807, 2.05) is 35.2 Å². The second-order valence-electron chi connectivity index (χ2n) is 5.59. The van der Waals surface area contributed by atoms with E-state index in [0.29, 0.717) is 12.1 Å². The van der Waals surface area contributed by atoms with Crippen molar-refractivity contribution in [2.75, 3.05) is 18.0 Å². The molecule has 3 heteroatoms. The summed E-state index contributed by atoms with van der Waals surface area (Å²) in [5.74, 6) is 0.147. The van der Waals surface area contributed by atoms with Crippen LogP contribution in [0.3, 0.4) is 0 Å². The fraction of sp³-hybridized carbons (Fsp3) is 0.562. The predicted molar refractivity (Wildman–Crippen MR) is 79.3 cm³/mol. The molecule has 104 valence electrons. The Morgan fingerprint density at radius 3 is 2.26 bits per heavy atom. The van der Waals surface area contributed by atoms with Crippen molar-refractivity contribution in [2.24, 2.45) is 0 Å². The Bertz CT molecular complexity index is 408. The number of nitrogens with zero attached hydrogens (tertiary/aromatic N) is 2. The summed E-state index contributed by atoms with van der Waals surface area (Å²) >= 11 is 0. The lowest BCUT2D eigenvalue weighted by Crippen LogP contribution is -2.48. The predicted octanol–water partition coefficient (Wildman–Crippen LogP) is 2.91. The first kappa shape index (κ1) is 14.1. The van der Waals surface area contributed by atoms with Crippen LogP contribution in [0.2, 0.25) is 0 Å². The highest BCUT2D eigenvalue weighted by molar-refractivity contribution is 5.92. The third-order valence-corrected chi connectivity index (χ3v) is 3.97. The van der Waals surface area contributed by atoms with Crippen LogP contribution < -0.4 is 4.90 Å². The van der Waals surface area contributed by atoms with Crippen LogP contribution in [-0.4, -0.2) is 36.0 Å². The molecule has 1 amide bonds. The number of likely N-dealkylation sites (tertiary alicyclic amines) is 1. The number of carbonyl (C=O) groups is 1. The number of para-hydroxylation sites is 1. The van der Waals surface area contributed by atoms with E-state index < -0.39 is 0 Å². The van der Waals surface area contributed by atoms with Crippen LogP contribution in [0.4, 0.5) is 5.69 Å². The number of rotatable bonds is 3. The molecule has 1 heterocycles. The molecule has 3 nitrogen and oxygen atoms in total. The molecular formula is C16H24N2O. The van der Waals surface area contributed by atoms with Gasteiger partial charge in [-0.05, 0) is 38.8 Å². The minimum atomic E-state index is 0.147. The normalized spacial score (nSPS) is 17.7. The molecule has 1 aromatic rings. The van der Waals surface area contributed by atoms with Gasteiger partial charge in [0.2, 0.25) is 5.91 Å². The van der Waals surface area contributed by atoms with Gasteiger partial charge in [-0.1, -0.05) is 18.2 Å². The van der Waals surface area contributed by atoms with Gasteiger partial charge >= 0.3 is 0 Å². The summed E-state index contributed by atoms with van der Waals surface area (Å²) in [5.41, 5.74) is 1.03. The zero-order valence-corrected chi connectivity index (χ0v) is 12.2. The van der Waals surface area contributed by atoms with Crippen LogP contribution >= 0.6 is 0 Å². The summed E-state index contributed by atoms with van der Waals surface area (Å²) in [7, 11) is 0. The topological polar surface area (TPSA) is 23.6 Å². The number of piperidine rings is 1. The maximum Gasteiger partial charge on any atom is 0.224 e. The average molecular weight is 260 g/mol. The second-order valence-corrected chi connectivity index (χ2v) is 5.59. The first-order valence-corrected chi connectivity index (χ1v) is 7.18. The van der Waals surface area contributed by atoms with Crippen LogP contribution in [0.15, 0.2) is 30.3 Å². The summed E-state index contributed by atoms with van der Waals surface area (Å²) in [6.07, 6.45) is 2.12. The Balaban J connectivity index is 2.08. The number of hydrogen-bond donors (Lipinski definition) is 0. The molecular weight excluding hydrogens is 236 g/mol. The lowest BCUT2D eigenvalue weighted by molar-refractivity contribution is -0.117. The molecule has 0 aliphatic carbocycles. The van der Waals surface area contributed by atoms with Gasteiger partial charge in [0.05, 0.1) is 0 Å². The number of hydrogen-bond acceptors (Lipinski definition) is 2. The van der Waals surface area contributed by atoms with Crippen molar-refractivity contribution in [3.63, 3.8) is 0 Å². The Kier molecular flexibility index (Phi) is 4.59. The molecule has 0 unspecified atom stereocenters. The van der Waals surface area contributed by atoms with Crippen molar-refractivity contribution in [2.45, 2.75) is 45.7 Å². The number of carbonyl (C=O) groups excluding carboxylic acids is 1. The van der Waals surface area contributed by atoms with Crippen LogP contribution in [0, 0.1) is 0 Å². The van der Waals surface area contributed by atoms with E-state index in [4.69, 9.17) is 0 Å². The zero-order valence-electron chi connectivity index (χ0n) is 12.2. The van der Waals surface area contributed by atoms with E-state index in [1.165, 1.54) is 0 Å². The van der Waals surface area contributed by atoms with E-state index in [1.54, 1.807) is 6.92 Å². The molecule has 0 N–H and O–H groups in total. The van der Waals surface area contributed by atoms with Gasteiger partial charge in [-0.25, -0.2) is 0 Å². The van der Waals surface area contributed by atoms with Gasteiger partial charge in [-0.2, -0.15) is 0 Å². The first-order valence-electron chi connectivity index (χ1n) is 7.18. The van der Waals surface area contributed by atoms with Crippen LogP contribution in [0.1, 0.15) is 33.6 Å².